The van der Waals surface area contributed by atoms with E-state index in [4.69, 9.17) is 16.3 Å². The molecule has 0 unspecified atom stereocenters. The lowest BCUT2D eigenvalue weighted by atomic mass is 10.2. The van der Waals surface area contributed by atoms with Crippen LogP contribution in [0.25, 0.3) is 0 Å². The first-order chi connectivity index (χ1) is 9.51. The number of aromatic nitrogens is 2. The molecular weight excluding hydrogens is 298 g/mol. The summed E-state index contributed by atoms with van der Waals surface area (Å²) in [6, 6.07) is 4.87. The summed E-state index contributed by atoms with van der Waals surface area (Å²) in [4.78, 5) is 12.2. The summed E-state index contributed by atoms with van der Waals surface area (Å²) in [6.07, 6.45) is 0. The number of nitrogens with one attached hydrogen (secondary N) is 1. The number of amides is 1. The molecule has 0 atom stereocenters. The van der Waals surface area contributed by atoms with E-state index < -0.39 is 0 Å². The molecule has 7 heteroatoms. The number of halogens is 1. The van der Waals surface area contributed by atoms with Crippen LogP contribution in [0.5, 0.6) is 5.75 Å². The largest absolute Gasteiger partial charge is 0.496 e. The van der Waals surface area contributed by atoms with Crippen LogP contribution in [0.3, 0.4) is 0 Å². The monoisotopic (exact) mass is 311 g/mol. The highest BCUT2D eigenvalue weighted by Gasteiger charge is 2.16. The minimum absolute atomic E-state index is 0.277. The molecule has 20 heavy (non-hydrogen) atoms. The molecule has 0 aliphatic rings. The maximum absolute atomic E-state index is 12.2. The van der Waals surface area contributed by atoms with E-state index in [1.54, 1.807) is 18.2 Å². The minimum atomic E-state index is -0.323. The number of methoxy groups -OCH3 is 1. The van der Waals surface area contributed by atoms with E-state index in [1.165, 1.54) is 18.4 Å². The van der Waals surface area contributed by atoms with Crippen molar-refractivity contribution in [3.8, 4) is 5.75 Å². The fourth-order valence-electron chi connectivity index (χ4n) is 1.54. The van der Waals surface area contributed by atoms with Gasteiger partial charge in [0.25, 0.3) is 5.91 Å². The van der Waals surface area contributed by atoms with Crippen LogP contribution >= 0.6 is 22.9 Å². The molecule has 1 aromatic heterocycles. The van der Waals surface area contributed by atoms with Crippen LogP contribution in [0.2, 0.25) is 5.02 Å². The fourth-order valence-corrected chi connectivity index (χ4v) is 2.45. The molecule has 2 rings (SSSR count). The maximum atomic E-state index is 12.2. The van der Waals surface area contributed by atoms with Gasteiger partial charge in [-0.05, 0) is 18.2 Å². The van der Waals surface area contributed by atoms with E-state index in [0.29, 0.717) is 21.5 Å². The molecule has 5 nitrogen and oxygen atoms in total. The Hall–Kier alpha value is -1.66. The predicted octanol–water partition coefficient (Wildman–Crippen LogP) is 3.58. The molecule has 0 saturated carbocycles. The van der Waals surface area contributed by atoms with Crippen molar-refractivity contribution in [3.05, 3.63) is 33.8 Å². The zero-order valence-electron chi connectivity index (χ0n) is 11.3. The van der Waals surface area contributed by atoms with Crippen LogP contribution in [0.1, 0.15) is 35.1 Å². The molecule has 1 aromatic carbocycles. The first kappa shape index (κ1) is 14.7. The van der Waals surface area contributed by atoms with Crippen molar-refractivity contribution in [3.63, 3.8) is 0 Å². The van der Waals surface area contributed by atoms with Gasteiger partial charge in [-0.3, -0.25) is 10.1 Å². The van der Waals surface area contributed by atoms with Crippen molar-refractivity contribution in [2.45, 2.75) is 19.8 Å². The second-order valence-corrected chi connectivity index (χ2v) is 5.84. The summed E-state index contributed by atoms with van der Waals surface area (Å²) < 4.78 is 5.15. The van der Waals surface area contributed by atoms with Gasteiger partial charge < -0.3 is 4.74 Å². The van der Waals surface area contributed by atoms with Crippen LogP contribution in [-0.2, 0) is 0 Å². The molecule has 1 N–H and O–H groups in total. The van der Waals surface area contributed by atoms with Gasteiger partial charge in [-0.2, -0.15) is 0 Å². The summed E-state index contributed by atoms with van der Waals surface area (Å²) >= 11 is 7.26. The van der Waals surface area contributed by atoms with Gasteiger partial charge in [0, 0.05) is 10.9 Å². The van der Waals surface area contributed by atoms with Crippen LogP contribution in [0, 0.1) is 0 Å². The number of nitrogens with zero attached hydrogens (tertiary/aromatic N) is 2. The second kappa shape index (κ2) is 6.19. The molecule has 0 fully saturated rings. The first-order valence-electron chi connectivity index (χ1n) is 5.99. The average molecular weight is 312 g/mol. The summed E-state index contributed by atoms with van der Waals surface area (Å²) in [6.45, 7) is 4.04. The van der Waals surface area contributed by atoms with Gasteiger partial charge in [0.1, 0.15) is 10.8 Å². The van der Waals surface area contributed by atoms with Crippen molar-refractivity contribution in [1.29, 1.82) is 0 Å². The first-order valence-corrected chi connectivity index (χ1v) is 7.19. The van der Waals surface area contributed by atoms with Crippen molar-refractivity contribution in [2.24, 2.45) is 0 Å². The van der Waals surface area contributed by atoms with E-state index in [1.807, 2.05) is 13.8 Å². The molecule has 0 bridgehead atoms. The quantitative estimate of drug-likeness (QED) is 0.937. The van der Waals surface area contributed by atoms with Crippen LogP contribution < -0.4 is 10.1 Å². The SMILES string of the molecule is COc1ccc(Cl)cc1C(=O)Nc1nnc(C(C)C)s1. The zero-order chi connectivity index (χ0) is 14.7. The summed E-state index contributed by atoms with van der Waals surface area (Å²) in [5, 5.41) is 12.5. The van der Waals surface area contributed by atoms with E-state index >= 15 is 0 Å². The number of carbonyl (C=O) groups is 1. The van der Waals surface area contributed by atoms with Crippen molar-refractivity contribution in [1.82, 2.24) is 10.2 Å². The Balaban J connectivity index is 2.21. The van der Waals surface area contributed by atoms with Crippen LogP contribution in [0.15, 0.2) is 18.2 Å². The Labute approximate surface area is 125 Å². The molecule has 2 aromatic rings. The Kier molecular flexibility index (Phi) is 4.57. The number of hydrogen-bond acceptors (Lipinski definition) is 5. The Morgan fingerprint density at radius 2 is 2.15 bits per heavy atom. The van der Waals surface area contributed by atoms with Gasteiger partial charge in [0.05, 0.1) is 12.7 Å². The van der Waals surface area contributed by atoms with Gasteiger partial charge in [0.2, 0.25) is 5.13 Å². The van der Waals surface area contributed by atoms with Gasteiger partial charge in [-0.1, -0.05) is 36.8 Å². The molecular formula is C13H14ClN3O2S. The smallest absolute Gasteiger partial charge is 0.261 e. The Morgan fingerprint density at radius 3 is 2.75 bits per heavy atom. The zero-order valence-corrected chi connectivity index (χ0v) is 12.9. The molecule has 0 aliphatic carbocycles. The van der Waals surface area contributed by atoms with Crippen LogP contribution in [0.4, 0.5) is 5.13 Å². The van der Waals surface area contributed by atoms with Gasteiger partial charge in [0.15, 0.2) is 0 Å². The van der Waals surface area contributed by atoms with Crippen LogP contribution in [-0.4, -0.2) is 23.2 Å². The van der Waals surface area contributed by atoms with E-state index in [2.05, 4.69) is 15.5 Å². The topological polar surface area (TPSA) is 64.1 Å². The number of benzene rings is 1. The molecule has 1 heterocycles. The van der Waals surface area contributed by atoms with E-state index in [-0.39, 0.29) is 11.8 Å². The van der Waals surface area contributed by atoms with Gasteiger partial charge in [-0.25, -0.2) is 0 Å². The van der Waals surface area contributed by atoms with Gasteiger partial charge >= 0.3 is 0 Å². The maximum Gasteiger partial charge on any atom is 0.261 e. The van der Waals surface area contributed by atoms with Crippen molar-refractivity contribution < 1.29 is 9.53 Å². The number of carbonyl (C=O) groups excluding carboxylic acids is 1. The number of hydrogen-bond donors (Lipinski definition) is 1. The van der Waals surface area contributed by atoms with Gasteiger partial charge in [-0.15, -0.1) is 10.2 Å². The third kappa shape index (κ3) is 3.26. The summed E-state index contributed by atoms with van der Waals surface area (Å²) in [5.74, 6) is 0.412. The van der Waals surface area contributed by atoms with E-state index in [0.717, 1.165) is 5.01 Å². The number of rotatable bonds is 4. The molecule has 0 saturated heterocycles. The molecule has 0 aliphatic heterocycles. The Morgan fingerprint density at radius 1 is 1.40 bits per heavy atom. The number of anilines is 1. The Bertz CT molecular complexity index is 628. The highest BCUT2D eigenvalue weighted by atomic mass is 35.5. The lowest BCUT2D eigenvalue weighted by Crippen LogP contribution is -2.13. The predicted molar refractivity (Wildman–Crippen MR) is 80.0 cm³/mol. The minimum Gasteiger partial charge on any atom is -0.496 e. The lowest BCUT2D eigenvalue weighted by Gasteiger charge is -2.07. The average Bonchev–Trinajstić information content (AvgIpc) is 2.87. The van der Waals surface area contributed by atoms with E-state index in [9.17, 15) is 4.79 Å². The standard InChI is InChI=1S/C13H14ClN3O2S/c1-7(2)12-16-17-13(20-12)15-11(18)9-6-8(14)4-5-10(9)19-3/h4-7H,1-3H3,(H,15,17,18). The van der Waals surface area contributed by atoms with Crippen molar-refractivity contribution >= 4 is 34.0 Å². The summed E-state index contributed by atoms with van der Waals surface area (Å²) in [5.41, 5.74) is 0.362. The summed E-state index contributed by atoms with van der Waals surface area (Å²) in [7, 11) is 1.50. The highest BCUT2D eigenvalue weighted by Crippen LogP contribution is 2.26. The molecule has 106 valence electrons. The number of ether oxygens (including phenoxy) is 1. The third-order valence-electron chi connectivity index (χ3n) is 2.56. The second-order valence-electron chi connectivity index (χ2n) is 4.40. The van der Waals surface area contributed by atoms with Crippen molar-refractivity contribution in [2.75, 3.05) is 12.4 Å². The molecule has 1 amide bonds. The normalized spacial score (nSPS) is 10.7. The highest BCUT2D eigenvalue weighted by molar-refractivity contribution is 7.15. The molecule has 0 radical (unpaired) electrons. The lowest BCUT2D eigenvalue weighted by molar-refractivity contribution is 0.102. The molecule has 0 spiro atoms. The fraction of sp³-hybridized carbons (Fsp3) is 0.308. The third-order valence-corrected chi connectivity index (χ3v) is 3.94.